The van der Waals surface area contributed by atoms with E-state index in [2.05, 4.69) is 47.3 Å². The Hall–Kier alpha value is -0.760. The molecule has 0 aromatic rings. The van der Waals surface area contributed by atoms with Crippen LogP contribution in [0.3, 0.4) is 0 Å². The highest BCUT2D eigenvalue weighted by molar-refractivity contribution is 6.26. The lowest BCUT2D eigenvalue weighted by Gasteiger charge is -2.50. The molecule has 0 radical (unpaired) electrons. The fourth-order valence-electron chi connectivity index (χ4n) is 3.16. The van der Waals surface area contributed by atoms with Crippen molar-refractivity contribution in [3.8, 4) is 0 Å². The molecule has 0 fully saturated rings. The highest BCUT2D eigenvalue weighted by Gasteiger charge is 2.55. The number of carbonyl (C=O) groups is 1. The van der Waals surface area contributed by atoms with E-state index in [0.29, 0.717) is 0 Å². The molecule has 0 spiro atoms. The highest BCUT2D eigenvalue weighted by atomic mass is 35.5. The molecular weight excluding hydrogens is 272 g/mol. The Bertz CT molecular complexity index is 434. The van der Waals surface area contributed by atoms with Gasteiger partial charge in [-0.15, -0.1) is 18.2 Å². The normalized spacial score (nSPS) is 24.8. The Kier molecular flexibility index (Phi) is 4.80. The molecule has 20 heavy (non-hydrogen) atoms. The summed E-state index contributed by atoms with van der Waals surface area (Å²) in [4.78, 5) is 11.8. The summed E-state index contributed by atoms with van der Waals surface area (Å²) in [6, 6.07) is 0. The lowest BCUT2D eigenvalue weighted by atomic mass is 9.60. The molecule has 0 bridgehead atoms. The molecule has 3 heteroatoms. The summed E-state index contributed by atoms with van der Waals surface area (Å²) < 4.78 is 5.84. The molecule has 0 aromatic heterocycles. The largest absolute Gasteiger partial charge is 0.457 e. The maximum Gasteiger partial charge on any atom is 0.321 e. The standard InChI is InChI=1S/C17H27ClO2/c1-8-15(3,4)17(7,20-14(19)11-18)13-10-9-12(2)16(13,5)6/h8-9,13H,1,10-11H2,2-7H3/t13-,17?/m1/s1. The monoisotopic (exact) mass is 298 g/mol. The molecule has 0 aliphatic heterocycles. The Labute approximate surface area is 128 Å². The van der Waals surface area contributed by atoms with Crippen LogP contribution in [0.1, 0.15) is 48.0 Å². The first-order valence-electron chi connectivity index (χ1n) is 7.11. The third kappa shape index (κ3) is 2.67. The number of carbonyl (C=O) groups excluding carboxylic acids is 1. The van der Waals surface area contributed by atoms with Crippen LogP contribution in [0.2, 0.25) is 0 Å². The molecule has 114 valence electrons. The topological polar surface area (TPSA) is 26.3 Å². The molecule has 0 aromatic carbocycles. The van der Waals surface area contributed by atoms with E-state index < -0.39 is 5.60 Å². The van der Waals surface area contributed by atoms with Crippen molar-refractivity contribution in [3.63, 3.8) is 0 Å². The molecule has 1 aliphatic rings. The molecule has 0 saturated heterocycles. The summed E-state index contributed by atoms with van der Waals surface area (Å²) in [7, 11) is 0. The number of esters is 1. The summed E-state index contributed by atoms with van der Waals surface area (Å²) in [5.74, 6) is -0.290. The Morgan fingerprint density at radius 1 is 1.55 bits per heavy atom. The minimum absolute atomic E-state index is 0.0123. The minimum Gasteiger partial charge on any atom is -0.457 e. The number of rotatable bonds is 5. The predicted octanol–water partition coefficient (Wildman–Crippen LogP) is 4.73. The van der Waals surface area contributed by atoms with E-state index in [1.807, 2.05) is 13.0 Å². The fourth-order valence-corrected chi connectivity index (χ4v) is 3.21. The molecule has 2 nitrogen and oxygen atoms in total. The molecule has 0 amide bonds. The van der Waals surface area contributed by atoms with Crippen LogP contribution in [0.5, 0.6) is 0 Å². The van der Waals surface area contributed by atoms with Crippen molar-refractivity contribution < 1.29 is 9.53 Å². The zero-order valence-electron chi connectivity index (χ0n) is 13.5. The molecule has 1 unspecified atom stereocenters. The second-order valence-electron chi connectivity index (χ2n) is 7.04. The summed E-state index contributed by atoms with van der Waals surface area (Å²) in [6.45, 7) is 16.6. The van der Waals surface area contributed by atoms with Gasteiger partial charge in [0.05, 0.1) is 0 Å². The third-order valence-electron chi connectivity index (χ3n) is 5.44. The SMILES string of the molecule is C=CC(C)(C)C(C)(OC(=O)CCl)[C@@H]1CC=C(C)C1(C)C. The van der Waals surface area contributed by atoms with Crippen LogP contribution in [-0.2, 0) is 9.53 Å². The first-order valence-corrected chi connectivity index (χ1v) is 7.65. The van der Waals surface area contributed by atoms with Gasteiger partial charge in [-0.1, -0.05) is 45.4 Å². The van der Waals surface area contributed by atoms with E-state index in [1.165, 1.54) is 5.57 Å². The van der Waals surface area contributed by atoms with Crippen molar-refractivity contribution >= 4 is 17.6 Å². The number of alkyl halides is 1. The lowest BCUT2D eigenvalue weighted by molar-refractivity contribution is -0.180. The van der Waals surface area contributed by atoms with Crippen LogP contribution in [0.15, 0.2) is 24.3 Å². The van der Waals surface area contributed by atoms with Crippen LogP contribution < -0.4 is 0 Å². The van der Waals surface area contributed by atoms with Crippen LogP contribution >= 0.6 is 11.6 Å². The van der Waals surface area contributed by atoms with Crippen molar-refractivity contribution in [2.24, 2.45) is 16.7 Å². The van der Waals surface area contributed by atoms with Gasteiger partial charge in [-0.3, -0.25) is 4.79 Å². The number of hydrogen-bond acceptors (Lipinski definition) is 2. The van der Waals surface area contributed by atoms with Crippen LogP contribution in [0.4, 0.5) is 0 Å². The molecule has 0 heterocycles. The lowest BCUT2D eigenvalue weighted by Crippen LogP contribution is -2.54. The summed E-state index contributed by atoms with van der Waals surface area (Å²) in [5.41, 5.74) is 0.352. The van der Waals surface area contributed by atoms with E-state index in [0.717, 1.165) is 6.42 Å². The second kappa shape index (κ2) is 5.55. The molecule has 1 aliphatic carbocycles. The average molecular weight is 299 g/mol. The molecule has 1 rings (SSSR count). The van der Waals surface area contributed by atoms with Crippen molar-refractivity contribution in [2.75, 3.05) is 5.88 Å². The van der Waals surface area contributed by atoms with Gasteiger partial charge in [-0.05, 0) is 25.7 Å². The van der Waals surface area contributed by atoms with Crippen LogP contribution in [0.25, 0.3) is 0 Å². The van der Waals surface area contributed by atoms with Gasteiger partial charge in [0.2, 0.25) is 0 Å². The minimum atomic E-state index is -0.640. The highest BCUT2D eigenvalue weighted by Crippen LogP contribution is 2.55. The Morgan fingerprint density at radius 3 is 2.45 bits per heavy atom. The van der Waals surface area contributed by atoms with Gasteiger partial charge in [0, 0.05) is 11.3 Å². The van der Waals surface area contributed by atoms with E-state index in [-0.39, 0.29) is 28.6 Å². The first-order chi connectivity index (χ1) is 9.03. The van der Waals surface area contributed by atoms with Crippen molar-refractivity contribution in [3.05, 3.63) is 24.3 Å². The van der Waals surface area contributed by atoms with E-state index >= 15 is 0 Å². The van der Waals surface area contributed by atoms with Gasteiger partial charge in [0.1, 0.15) is 11.5 Å². The quantitative estimate of drug-likeness (QED) is 0.416. The van der Waals surface area contributed by atoms with Gasteiger partial charge in [-0.2, -0.15) is 0 Å². The number of hydrogen-bond donors (Lipinski definition) is 0. The maximum absolute atomic E-state index is 11.8. The maximum atomic E-state index is 11.8. The third-order valence-corrected chi connectivity index (χ3v) is 5.66. The average Bonchev–Trinajstić information content (AvgIpc) is 2.63. The van der Waals surface area contributed by atoms with Gasteiger partial charge < -0.3 is 4.74 Å². The fraction of sp³-hybridized carbons (Fsp3) is 0.706. The molecule has 0 saturated carbocycles. The van der Waals surface area contributed by atoms with Gasteiger partial charge in [-0.25, -0.2) is 0 Å². The zero-order valence-corrected chi connectivity index (χ0v) is 14.3. The number of ether oxygens (including phenoxy) is 1. The molecule has 0 N–H and O–H groups in total. The van der Waals surface area contributed by atoms with Gasteiger partial charge in [0.25, 0.3) is 0 Å². The Balaban J connectivity index is 3.26. The van der Waals surface area contributed by atoms with Crippen LogP contribution in [-0.4, -0.2) is 17.5 Å². The van der Waals surface area contributed by atoms with E-state index in [1.54, 1.807) is 0 Å². The van der Waals surface area contributed by atoms with Crippen molar-refractivity contribution in [1.29, 1.82) is 0 Å². The van der Waals surface area contributed by atoms with Crippen molar-refractivity contribution in [1.82, 2.24) is 0 Å². The summed E-state index contributed by atoms with van der Waals surface area (Å²) >= 11 is 5.64. The van der Waals surface area contributed by atoms with Crippen molar-refractivity contribution in [2.45, 2.75) is 53.6 Å². The number of halogens is 1. The predicted molar refractivity (Wildman–Crippen MR) is 84.8 cm³/mol. The first kappa shape index (κ1) is 17.3. The van der Waals surface area contributed by atoms with Crippen LogP contribution in [0, 0.1) is 16.7 Å². The summed E-state index contributed by atoms with van der Waals surface area (Å²) in [6.07, 6.45) is 5.02. The molecule has 2 atom stereocenters. The Morgan fingerprint density at radius 2 is 2.10 bits per heavy atom. The van der Waals surface area contributed by atoms with E-state index in [9.17, 15) is 4.79 Å². The second-order valence-corrected chi connectivity index (χ2v) is 7.30. The van der Waals surface area contributed by atoms with E-state index in [4.69, 9.17) is 16.3 Å². The smallest absolute Gasteiger partial charge is 0.321 e. The zero-order chi connectivity index (χ0) is 15.8. The van der Waals surface area contributed by atoms with Gasteiger partial charge in [0.15, 0.2) is 0 Å². The van der Waals surface area contributed by atoms with Gasteiger partial charge >= 0.3 is 5.97 Å². The summed E-state index contributed by atoms with van der Waals surface area (Å²) in [5, 5.41) is 0. The molecular formula is C17H27ClO2. The number of allylic oxidation sites excluding steroid dienone is 2.